The average molecular weight is 323 g/mol. The summed E-state index contributed by atoms with van der Waals surface area (Å²) < 4.78 is 0. The van der Waals surface area contributed by atoms with Gasteiger partial charge in [0, 0.05) is 53.2 Å². The summed E-state index contributed by atoms with van der Waals surface area (Å²) >= 11 is 5.52. The predicted molar refractivity (Wildman–Crippen MR) is 30.9 cm³/mol. The van der Waals surface area contributed by atoms with E-state index in [0.29, 0.717) is 0 Å². The van der Waals surface area contributed by atoms with E-state index < -0.39 is 0 Å². The van der Waals surface area contributed by atoms with E-state index in [1.807, 2.05) is 0 Å². The van der Waals surface area contributed by atoms with E-state index in [0.717, 1.165) is 5.03 Å². The fourth-order valence-corrected chi connectivity index (χ4v) is 0.493. The Kier molecular flexibility index (Phi) is 18.4. The molecule has 1 aliphatic carbocycles. The SMILES string of the molecule is ClC1=CC=C=C[CH]1.[Ce].[Cl-].[Cl-]. The van der Waals surface area contributed by atoms with E-state index in [2.05, 4.69) is 5.73 Å². The molecule has 1 aliphatic rings. The van der Waals surface area contributed by atoms with Crippen LogP contribution in [0.1, 0.15) is 0 Å². The van der Waals surface area contributed by atoms with E-state index in [9.17, 15) is 0 Å². The Labute approximate surface area is 112 Å². The van der Waals surface area contributed by atoms with Crippen LogP contribution in [0.5, 0.6) is 0 Å². The monoisotopic (exact) mass is 321 g/mol. The Morgan fingerprint density at radius 2 is 1.80 bits per heavy atom. The third-order valence-electron chi connectivity index (χ3n) is 0.678. The summed E-state index contributed by atoms with van der Waals surface area (Å²) in [5, 5.41) is 0.763. The first-order valence-electron chi connectivity index (χ1n) is 2.01. The molecule has 55 valence electrons. The zero-order valence-electron chi connectivity index (χ0n) is 4.94. The molecule has 0 aromatic heterocycles. The molecule has 10 heavy (non-hydrogen) atoms. The summed E-state index contributed by atoms with van der Waals surface area (Å²) in [6.45, 7) is 0. The number of hydrogen-bond acceptors (Lipinski definition) is 0. The second kappa shape index (κ2) is 10.5. The van der Waals surface area contributed by atoms with Crippen LogP contribution in [0.4, 0.5) is 0 Å². The van der Waals surface area contributed by atoms with Crippen molar-refractivity contribution in [3.05, 3.63) is 35.4 Å². The maximum atomic E-state index is 5.52. The minimum atomic E-state index is 0. The molecule has 0 aliphatic heterocycles. The Balaban J connectivity index is -0.000000163. The molecule has 0 fully saturated rings. The van der Waals surface area contributed by atoms with Crippen LogP contribution in [0.3, 0.4) is 0 Å². The fourth-order valence-electron chi connectivity index (χ4n) is 0.367. The molecule has 0 saturated heterocycles. The zero-order chi connectivity index (χ0) is 5.11. The van der Waals surface area contributed by atoms with Crippen molar-refractivity contribution in [2.24, 2.45) is 0 Å². The van der Waals surface area contributed by atoms with Crippen LogP contribution in [0.25, 0.3) is 0 Å². The van der Waals surface area contributed by atoms with Gasteiger partial charge in [-0.15, -0.1) is 5.73 Å². The molecule has 0 N–H and O–H groups in total. The van der Waals surface area contributed by atoms with Gasteiger partial charge in [-0.3, -0.25) is 0 Å². The molecule has 0 nitrogen and oxygen atoms in total. The predicted octanol–water partition coefficient (Wildman–Crippen LogP) is -3.95. The molecular formula is C6H4CeCl3-2. The van der Waals surface area contributed by atoms with Gasteiger partial charge in [0.05, 0.1) is 0 Å². The average Bonchev–Trinajstić information content (AvgIpc) is 1.69. The van der Waals surface area contributed by atoms with Crippen molar-refractivity contribution in [3.8, 4) is 0 Å². The molecule has 0 aromatic carbocycles. The summed E-state index contributed by atoms with van der Waals surface area (Å²) in [4.78, 5) is 0. The molecule has 0 amide bonds. The van der Waals surface area contributed by atoms with Crippen molar-refractivity contribution in [2.45, 2.75) is 0 Å². The van der Waals surface area contributed by atoms with E-state index in [1.54, 1.807) is 24.6 Å². The number of halogens is 3. The van der Waals surface area contributed by atoms with Gasteiger partial charge in [0.15, 0.2) is 0 Å². The first-order chi connectivity index (χ1) is 3.39. The van der Waals surface area contributed by atoms with Crippen LogP contribution >= 0.6 is 11.6 Å². The maximum absolute atomic E-state index is 5.52. The second-order valence-electron chi connectivity index (χ2n) is 1.22. The minimum absolute atomic E-state index is 0. The molecule has 1 radical (unpaired) electrons. The quantitative estimate of drug-likeness (QED) is 0.400. The van der Waals surface area contributed by atoms with Gasteiger partial charge in [-0.2, -0.15) is 0 Å². The topological polar surface area (TPSA) is 0 Å². The van der Waals surface area contributed by atoms with Crippen LogP contribution in [-0.2, 0) is 0 Å². The molecule has 0 heterocycles. The molecule has 0 unspecified atom stereocenters. The second-order valence-corrected chi connectivity index (χ2v) is 1.65. The molecule has 0 aromatic rings. The van der Waals surface area contributed by atoms with Gasteiger partial charge in [-0.1, -0.05) is 11.6 Å². The van der Waals surface area contributed by atoms with E-state index >= 15 is 0 Å². The van der Waals surface area contributed by atoms with Crippen molar-refractivity contribution < 1.29 is 66.6 Å². The van der Waals surface area contributed by atoms with Crippen LogP contribution in [0.2, 0.25) is 0 Å². The summed E-state index contributed by atoms with van der Waals surface area (Å²) in [5.74, 6) is 0. The zero-order valence-corrected chi connectivity index (χ0v) is 10.4. The van der Waals surface area contributed by atoms with Crippen molar-refractivity contribution >= 4 is 11.6 Å². The Hall–Kier alpha value is 1.51. The Bertz CT molecular complexity index is 156. The van der Waals surface area contributed by atoms with E-state index in [4.69, 9.17) is 11.6 Å². The van der Waals surface area contributed by atoms with Crippen molar-refractivity contribution in [3.63, 3.8) is 0 Å². The van der Waals surface area contributed by atoms with Crippen LogP contribution in [0.15, 0.2) is 29.0 Å². The fraction of sp³-hybridized carbons (Fsp3) is 0. The molecule has 0 saturated carbocycles. The van der Waals surface area contributed by atoms with Gasteiger partial charge < -0.3 is 24.8 Å². The molecule has 0 spiro atoms. The smallest absolute Gasteiger partial charge is 0.0320 e. The molecule has 1 rings (SSSR count). The van der Waals surface area contributed by atoms with Crippen LogP contribution in [-0.4, -0.2) is 0 Å². The summed E-state index contributed by atoms with van der Waals surface area (Å²) in [7, 11) is 0. The van der Waals surface area contributed by atoms with Gasteiger partial charge in [0.1, 0.15) is 0 Å². The summed E-state index contributed by atoms with van der Waals surface area (Å²) in [5.41, 5.74) is 2.85. The van der Waals surface area contributed by atoms with Gasteiger partial charge in [-0.05, 0) is 18.2 Å². The maximum Gasteiger partial charge on any atom is 0.0320 e. The molecule has 0 atom stereocenters. The Morgan fingerprint density at radius 3 is 2.00 bits per heavy atom. The molecule has 0 bridgehead atoms. The summed E-state index contributed by atoms with van der Waals surface area (Å²) in [6, 6.07) is 0. The molecular weight excluding hydrogens is 319 g/mol. The first kappa shape index (κ1) is 17.6. The minimum Gasteiger partial charge on any atom is -1.00 e. The van der Waals surface area contributed by atoms with Crippen LogP contribution in [0, 0.1) is 48.2 Å². The van der Waals surface area contributed by atoms with Gasteiger partial charge in [-0.25, -0.2) is 0 Å². The number of hydrogen-bond donors (Lipinski definition) is 0. The van der Waals surface area contributed by atoms with Gasteiger partial charge in [0.25, 0.3) is 0 Å². The van der Waals surface area contributed by atoms with Crippen LogP contribution < -0.4 is 24.8 Å². The largest absolute Gasteiger partial charge is 1.00 e. The van der Waals surface area contributed by atoms with Crippen molar-refractivity contribution in [2.75, 3.05) is 0 Å². The van der Waals surface area contributed by atoms with Crippen molar-refractivity contribution in [1.29, 1.82) is 0 Å². The van der Waals surface area contributed by atoms with Gasteiger partial charge >= 0.3 is 0 Å². The third-order valence-corrected chi connectivity index (χ3v) is 0.930. The van der Waals surface area contributed by atoms with E-state index in [1.165, 1.54) is 0 Å². The molecule has 4 heteroatoms. The third kappa shape index (κ3) is 7.61. The van der Waals surface area contributed by atoms with Gasteiger partial charge in [0.2, 0.25) is 0 Å². The number of allylic oxidation sites excluding steroid dienone is 3. The van der Waals surface area contributed by atoms with Crippen molar-refractivity contribution in [1.82, 2.24) is 0 Å². The summed E-state index contributed by atoms with van der Waals surface area (Å²) in [6.07, 6.45) is 7.15. The first-order valence-corrected chi connectivity index (χ1v) is 2.39. The number of rotatable bonds is 0. The normalized spacial score (nSPS) is 11.9. The van der Waals surface area contributed by atoms with E-state index in [-0.39, 0.29) is 66.6 Å². The Morgan fingerprint density at radius 1 is 1.20 bits per heavy atom. The standard InChI is InChI=1S/C6H4Cl.Ce.2ClH/c7-6-4-2-1-3-5-6;;;/h2-5H;;2*1H/p-2.